The van der Waals surface area contributed by atoms with Crippen molar-refractivity contribution in [2.24, 2.45) is 7.05 Å². The summed E-state index contributed by atoms with van der Waals surface area (Å²) in [6, 6.07) is 0. The Balaban J connectivity index is 2.25. The number of hydrogen-bond donors (Lipinski definition) is 1. The Labute approximate surface area is 99.7 Å². The Morgan fingerprint density at radius 2 is 2.50 bits per heavy atom. The molecule has 1 aromatic heterocycles. The molecule has 1 aromatic rings. The highest BCUT2D eigenvalue weighted by Crippen LogP contribution is 2.01. The summed E-state index contributed by atoms with van der Waals surface area (Å²) in [7, 11) is 3.37. The minimum absolute atomic E-state index is 0.0702. The number of halogens is 1. The molecule has 0 aromatic carbocycles. The van der Waals surface area contributed by atoms with Gasteiger partial charge in [-0.3, -0.25) is 9.48 Å². The third-order valence-corrected chi connectivity index (χ3v) is 2.40. The minimum Gasteiger partial charge on any atom is -0.383 e. The first kappa shape index (κ1) is 13.0. The van der Waals surface area contributed by atoms with Crippen molar-refractivity contribution in [1.82, 2.24) is 15.1 Å². The van der Waals surface area contributed by atoms with Crippen molar-refractivity contribution in [1.29, 1.82) is 0 Å². The molecule has 6 heteroatoms. The zero-order chi connectivity index (χ0) is 12.0. The lowest BCUT2D eigenvalue weighted by molar-refractivity contribution is 0.0951. The van der Waals surface area contributed by atoms with Crippen molar-refractivity contribution < 1.29 is 9.53 Å². The van der Waals surface area contributed by atoms with Gasteiger partial charge < -0.3 is 10.1 Å². The van der Waals surface area contributed by atoms with Gasteiger partial charge in [-0.1, -0.05) is 0 Å². The molecule has 0 aliphatic rings. The van der Waals surface area contributed by atoms with E-state index in [1.165, 1.54) is 6.20 Å². The van der Waals surface area contributed by atoms with E-state index in [9.17, 15) is 4.79 Å². The molecule has 0 radical (unpaired) electrons. The van der Waals surface area contributed by atoms with E-state index in [2.05, 4.69) is 10.4 Å². The van der Waals surface area contributed by atoms with Crippen molar-refractivity contribution in [3.05, 3.63) is 18.0 Å². The van der Waals surface area contributed by atoms with Crippen molar-refractivity contribution in [3.63, 3.8) is 0 Å². The van der Waals surface area contributed by atoms with E-state index in [-0.39, 0.29) is 11.3 Å². The smallest absolute Gasteiger partial charge is 0.254 e. The summed E-state index contributed by atoms with van der Waals surface area (Å²) >= 11 is 5.92. The van der Waals surface area contributed by atoms with Gasteiger partial charge in [0.1, 0.15) is 0 Å². The van der Waals surface area contributed by atoms with E-state index in [4.69, 9.17) is 16.3 Å². The summed E-state index contributed by atoms with van der Waals surface area (Å²) in [4.78, 5) is 11.6. The highest BCUT2D eigenvalue weighted by atomic mass is 35.5. The molecule has 0 aliphatic carbocycles. The Hall–Kier alpha value is -1.07. The van der Waals surface area contributed by atoms with E-state index in [1.807, 2.05) is 0 Å². The topological polar surface area (TPSA) is 56.1 Å². The first-order chi connectivity index (χ1) is 7.63. The predicted molar refractivity (Wildman–Crippen MR) is 61.7 cm³/mol. The second-order valence-electron chi connectivity index (χ2n) is 3.50. The van der Waals surface area contributed by atoms with E-state index in [0.717, 1.165) is 0 Å². The van der Waals surface area contributed by atoms with Crippen LogP contribution in [0, 0.1) is 0 Å². The van der Waals surface area contributed by atoms with Gasteiger partial charge in [-0.25, -0.2) is 0 Å². The van der Waals surface area contributed by atoms with Crippen LogP contribution in [0.1, 0.15) is 16.8 Å². The SMILES string of the molecule is COCC(Cl)CCNC(=O)c1cnn(C)c1. The first-order valence-corrected chi connectivity index (χ1v) is 5.47. The molecule has 1 unspecified atom stereocenters. The van der Waals surface area contributed by atoms with Gasteiger partial charge in [-0.2, -0.15) is 5.10 Å². The van der Waals surface area contributed by atoms with E-state index in [1.54, 1.807) is 25.0 Å². The molecular formula is C10H16ClN3O2. The number of methoxy groups -OCH3 is 1. The molecule has 90 valence electrons. The molecule has 1 amide bonds. The van der Waals surface area contributed by atoms with E-state index >= 15 is 0 Å². The molecule has 1 N–H and O–H groups in total. The average molecular weight is 246 g/mol. The lowest BCUT2D eigenvalue weighted by atomic mass is 10.3. The molecule has 0 saturated carbocycles. The molecule has 1 heterocycles. The van der Waals surface area contributed by atoms with Crippen LogP contribution in [0.3, 0.4) is 0 Å². The summed E-state index contributed by atoms with van der Waals surface area (Å²) in [6.07, 6.45) is 3.88. The fraction of sp³-hybridized carbons (Fsp3) is 0.600. The zero-order valence-corrected chi connectivity index (χ0v) is 10.2. The molecule has 5 nitrogen and oxygen atoms in total. The number of hydrogen-bond acceptors (Lipinski definition) is 3. The maximum atomic E-state index is 11.6. The van der Waals surface area contributed by atoms with Gasteiger partial charge in [0.15, 0.2) is 0 Å². The normalized spacial score (nSPS) is 12.4. The number of aryl methyl sites for hydroxylation is 1. The highest BCUT2D eigenvalue weighted by molar-refractivity contribution is 6.20. The largest absolute Gasteiger partial charge is 0.383 e. The number of rotatable bonds is 6. The fourth-order valence-corrected chi connectivity index (χ4v) is 1.48. The third kappa shape index (κ3) is 4.20. The van der Waals surface area contributed by atoms with Crippen molar-refractivity contribution in [3.8, 4) is 0 Å². The number of nitrogens with zero attached hydrogens (tertiary/aromatic N) is 2. The molecule has 0 saturated heterocycles. The molecule has 1 atom stereocenters. The second kappa shape index (κ2) is 6.50. The van der Waals surface area contributed by atoms with Crippen molar-refractivity contribution in [2.75, 3.05) is 20.3 Å². The van der Waals surface area contributed by atoms with Crippen molar-refractivity contribution in [2.45, 2.75) is 11.8 Å². The number of amides is 1. The molecule has 0 aliphatic heterocycles. The van der Waals surface area contributed by atoms with Gasteiger partial charge in [0.25, 0.3) is 5.91 Å². The second-order valence-corrected chi connectivity index (χ2v) is 4.12. The van der Waals surface area contributed by atoms with Crippen LogP contribution < -0.4 is 5.32 Å². The van der Waals surface area contributed by atoms with Crippen LogP contribution >= 0.6 is 11.6 Å². The Morgan fingerprint density at radius 3 is 3.06 bits per heavy atom. The number of carbonyl (C=O) groups is 1. The van der Waals surface area contributed by atoms with Crippen LogP contribution in [0.25, 0.3) is 0 Å². The van der Waals surface area contributed by atoms with Gasteiger partial charge in [-0.15, -0.1) is 11.6 Å². The standard InChI is InChI=1S/C10H16ClN3O2/c1-14-6-8(5-13-14)10(15)12-4-3-9(11)7-16-2/h5-6,9H,3-4,7H2,1-2H3,(H,12,15). The Bertz CT molecular complexity index is 341. The molecular weight excluding hydrogens is 230 g/mol. The number of ether oxygens (including phenoxy) is 1. The maximum Gasteiger partial charge on any atom is 0.254 e. The van der Waals surface area contributed by atoms with Crippen LogP contribution in [0.15, 0.2) is 12.4 Å². The summed E-state index contributed by atoms with van der Waals surface area (Å²) < 4.78 is 6.48. The predicted octanol–water partition coefficient (Wildman–Crippen LogP) is 0.794. The van der Waals surface area contributed by atoms with Crippen LogP contribution in [-0.4, -0.2) is 41.3 Å². The summed E-state index contributed by atoms with van der Waals surface area (Å²) in [6.45, 7) is 1.02. The van der Waals surface area contributed by atoms with Gasteiger partial charge in [0.05, 0.1) is 23.7 Å². The molecule has 0 fully saturated rings. The van der Waals surface area contributed by atoms with Crippen LogP contribution in [0.5, 0.6) is 0 Å². The van der Waals surface area contributed by atoms with Gasteiger partial charge >= 0.3 is 0 Å². The Kier molecular flexibility index (Phi) is 5.28. The monoisotopic (exact) mass is 245 g/mol. The number of carbonyl (C=O) groups excluding carboxylic acids is 1. The van der Waals surface area contributed by atoms with Crippen molar-refractivity contribution >= 4 is 17.5 Å². The van der Waals surface area contributed by atoms with E-state index < -0.39 is 0 Å². The van der Waals surface area contributed by atoms with Crippen LogP contribution in [0.4, 0.5) is 0 Å². The maximum absolute atomic E-state index is 11.6. The fourth-order valence-electron chi connectivity index (χ4n) is 1.25. The van der Waals surface area contributed by atoms with Gasteiger partial charge in [0, 0.05) is 26.9 Å². The quantitative estimate of drug-likeness (QED) is 0.754. The summed E-state index contributed by atoms with van der Waals surface area (Å²) in [5, 5.41) is 6.62. The summed E-state index contributed by atoms with van der Waals surface area (Å²) in [5.74, 6) is -0.130. The zero-order valence-electron chi connectivity index (χ0n) is 9.44. The summed E-state index contributed by atoms with van der Waals surface area (Å²) in [5.41, 5.74) is 0.556. The lowest BCUT2D eigenvalue weighted by Crippen LogP contribution is -2.26. The number of aromatic nitrogens is 2. The minimum atomic E-state index is -0.130. The number of alkyl halides is 1. The highest BCUT2D eigenvalue weighted by Gasteiger charge is 2.08. The lowest BCUT2D eigenvalue weighted by Gasteiger charge is -2.08. The molecule has 16 heavy (non-hydrogen) atoms. The molecule has 0 bridgehead atoms. The molecule has 0 spiro atoms. The first-order valence-electron chi connectivity index (χ1n) is 5.03. The van der Waals surface area contributed by atoms with E-state index in [0.29, 0.717) is 25.1 Å². The van der Waals surface area contributed by atoms with Gasteiger partial charge in [0.2, 0.25) is 0 Å². The Morgan fingerprint density at radius 1 is 1.75 bits per heavy atom. The molecule has 1 rings (SSSR count). The van der Waals surface area contributed by atoms with Crippen LogP contribution in [0.2, 0.25) is 0 Å². The van der Waals surface area contributed by atoms with Crippen LogP contribution in [-0.2, 0) is 11.8 Å². The number of nitrogens with one attached hydrogen (secondary N) is 1. The average Bonchev–Trinajstić information content (AvgIpc) is 2.65. The van der Waals surface area contributed by atoms with Gasteiger partial charge in [-0.05, 0) is 6.42 Å². The third-order valence-electron chi connectivity index (χ3n) is 2.06.